The number of halogens is 1. The summed E-state index contributed by atoms with van der Waals surface area (Å²) in [6, 6.07) is 7.39. The van der Waals surface area contributed by atoms with E-state index < -0.39 is 0 Å². The average Bonchev–Trinajstić information content (AvgIpc) is 2.78. The van der Waals surface area contributed by atoms with Gasteiger partial charge in [-0.1, -0.05) is 5.16 Å². The fourth-order valence-corrected chi connectivity index (χ4v) is 1.54. The predicted octanol–water partition coefficient (Wildman–Crippen LogP) is 1.85. The van der Waals surface area contributed by atoms with Gasteiger partial charge in [-0.25, -0.2) is 4.39 Å². The van der Waals surface area contributed by atoms with Gasteiger partial charge in [0.1, 0.15) is 5.82 Å². The van der Waals surface area contributed by atoms with Gasteiger partial charge in [-0.05, 0) is 31.2 Å². The topological polar surface area (TPSA) is 67.2 Å². The lowest BCUT2D eigenvalue weighted by molar-refractivity contribution is -0.115. The highest BCUT2D eigenvalue weighted by atomic mass is 19.1. The van der Waals surface area contributed by atoms with Gasteiger partial charge in [0.05, 0.1) is 18.8 Å². The van der Waals surface area contributed by atoms with Crippen molar-refractivity contribution < 1.29 is 13.7 Å². The molecule has 0 unspecified atom stereocenters. The smallest absolute Gasteiger partial charge is 0.238 e. The molecule has 0 bridgehead atoms. The van der Waals surface area contributed by atoms with E-state index in [1.807, 2.05) is 6.92 Å². The molecule has 19 heavy (non-hydrogen) atoms. The summed E-state index contributed by atoms with van der Waals surface area (Å²) in [4.78, 5) is 11.6. The van der Waals surface area contributed by atoms with Crippen LogP contribution in [0.3, 0.4) is 0 Å². The first-order chi connectivity index (χ1) is 9.13. The van der Waals surface area contributed by atoms with Crippen LogP contribution >= 0.6 is 0 Å². The highest BCUT2D eigenvalue weighted by Crippen LogP contribution is 2.07. The molecule has 1 amide bonds. The number of anilines is 1. The van der Waals surface area contributed by atoms with E-state index in [0.717, 1.165) is 5.69 Å². The first-order valence-electron chi connectivity index (χ1n) is 5.82. The van der Waals surface area contributed by atoms with Crippen LogP contribution in [0.15, 0.2) is 34.9 Å². The Morgan fingerprint density at radius 1 is 1.37 bits per heavy atom. The largest absolute Gasteiger partial charge is 0.360 e. The maximum absolute atomic E-state index is 12.7. The Morgan fingerprint density at radius 2 is 2.11 bits per heavy atom. The van der Waals surface area contributed by atoms with Gasteiger partial charge in [-0.2, -0.15) is 0 Å². The lowest BCUT2D eigenvalue weighted by Gasteiger charge is -2.05. The zero-order valence-electron chi connectivity index (χ0n) is 10.4. The Bertz CT molecular complexity index is 551. The summed E-state index contributed by atoms with van der Waals surface area (Å²) in [5.74, 6) is 0.131. The number of nitrogens with one attached hydrogen (secondary N) is 2. The minimum Gasteiger partial charge on any atom is -0.360 e. The number of nitrogens with zero attached hydrogens (tertiary/aromatic N) is 1. The van der Waals surface area contributed by atoms with Crippen molar-refractivity contribution in [2.24, 2.45) is 0 Å². The SMILES string of the molecule is Cc1cc(CNCC(=O)Nc2ccc(F)cc2)on1. The molecule has 1 aromatic carbocycles. The number of hydrogen-bond acceptors (Lipinski definition) is 4. The first-order valence-corrected chi connectivity index (χ1v) is 5.82. The van der Waals surface area contributed by atoms with Crippen molar-refractivity contribution in [2.75, 3.05) is 11.9 Å². The lowest BCUT2D eigenvalue weighted by atomic mass is 10.3. The molecule has 2 aromatic rings. The highest BCUT2D eigenvalue weighted by molar-refractivity contribution is 5.92. The van der Waals surface area contributed by atoms with Crippen LogP contribution in [0.5, 0.6) is 0 Å². The molecular weight excluding hydrogens is 249 g/mol. The molecule has 0 aliphatic carbocycles. The fraction of sp³-hybridized carbons (Fsp3) is 0.231. The molecule has 100 valence electrons. The Hall–Kier alpha value is -2.21. The van der Waals surface area contributed by atoms with Crippen LogP contribution in [-0.2, 0) is 11.3 Å². The van der Waals surface area contributed by atoms with Crippen molar-refractivity contribution in [3.63, 3.8) is 0 Å². The minimum atomic E-state index is -0.336. The number of benzene rings is 1. The van der Waals surface area contributed by atoms with Gasteiger partial charge in [-0.15, -0.1) is 0 Å². The molecule has 2 rings (SSSR count). The van der Waals surface area contributed by atoms with E-state index in [1.54, 1.807) is 6.07 Å². The molecular formula is C13H14FN3O2. The van der Waals surface area contributed by atoms with Crippen molar-refractivity contribution in [2.45, 2.75) is 13.5 Å². The van der Waals surface area contributed by atoms with E-state index in [9.17, 15) is 9.18 Å². The van der Waals surface area contributed by atoms with Gasteiger partial charge in [0.25, 0.3) is 0 Å². The van der Waals surface area contributed by atoms with E-state index in [4.69, 9.17) is 4.52 Å². The van der Waals surface area contributed by atoms with Crippen molar-refractivity contribution in [1.82, 2.24) is 10.5 Å². The van der Waals surface area contributed by atoms with Crippen LogP contribution in [-0.4, -0.2) is 17.6 Å². The van der Waals surface area contributed by atoms with E-state index in [1.165, 1.54) is 24.3 Å². The Kier molecular flexibility index (Phi) is 4.25. The second-order valence-electron chi connectivity index (χ2n) is 4.09. The third kappa shape index (κ3) is 4.18. The summed E-state index contributed by atoms with van der Waals surface area (Å²) in [7, 11) is 0. The van der Waals surface area contributed by atoms with Crippen LogP contribution in [0, 0.1) is 12.7 Å². The van der Waals surface area contributed by atoms with Gasteiger partial charge in [0, 0.05) is 11.8 Å². The van der Waals surface area contributed by atoms with Crippen LogP contribution in [0.2, 0.25) is 0 Å². The Labute approximate surface area is 109 Å². The second kappa shape index (κ2) is 6.10. The van der Waals surface area contributed by atoms with Gasteiger partial charge in [0.2, 0.25) is 5.91 Å². The zero-order chi connectivity index (χ0) is 13.7. The average molecular weight is 263 g/mol. The molecule has 0 aliphatic rings. The monoisotopic (exact) mass is 263 g/mol. The van der Waals surface area contributed by atoms with E-state index in [-0.39, 0.29) is 18.3 Å². The normalized spacial score (nSPS) is 10.4. The summed E-state index contributed by atoms with van der Waals surface area (Å²) >= 11 is 0. The second-order valence-corrected chi connectivity index (χ2v) is 4.09. The number of carbonyl (C=O) groups is 1. The molecule has 0 atom stereocenters. The number of amides is 1. The summed E-state index contributed by atoms with van der Waals surface area (Å²) in [6.07, 6.45) is 0. The molecule has 2 N–H and O–H groups in total. The van der Waals surface area contributed by atoms with Crippen molar-refractivity contribution >= 4 is 11.6 Å². The minimum absolute atomic E-state index is 0.136. The molecule has 0 fully saturated rings. The van der Waals surface area contributed by atoms with E-state index in [0.29, 0.717) is 18.0 Å². The number of rotatable bonds is 5. The number of hydrogen-bond donors (Lipinski definition) is 2. The fourth-order valence-electron chi connectivity index (χ4n) is 1.54. The zero-order valence-corrected chi connectivity index (χ0v) is 10.4. The molecule has 6 heteroatoms. The van der Waals surface area contributed by atoms with Crippen LogP contribution in [0.25, 0.3) is 0 Å². The quantitative estimate of drug-likeness (QED) is 0.864. The Morgan fingerprint density at radius 3 is 2.74 bits per heavy atom. The molecule has 1 aromatic heterocycles. The molecule has 0 saturated carbocycles. The number of aryl methyl sites for hydroxylation is 1. The van der Waals surface area contributed by atoms with Gasteiger partial charge >= 0.3 is 0 Å². The standard InChI is InChI=1S/C13H14FN3O2/c1-9-6-12(19-17-9)7-15-8-13(18)16-11-4-2-10(14)3-5-11/h2-6,15H,7-8H2,1H3,(H,16,18). The van der Waals surface area contributed by atoms with Crippen molar-refractivity contribution in [3.05, 3.63) is 47.6 Å². The number of carbonyl (C=O) groups excluding carboxylic acids is 1. The number of aromatic nitrogens is 1. The van der Waals surface area contributed by atoms with Crippen molar-refractivity contribution in [1.29, 1.82) is 0 Å². The van der Waals surface area contributed by atoms with Gasteiger partial charge in [-0.3, -0.25) is 4.79 Å². The van der Waals surface area contributed by atoms with E-state index in [2.05, 4.69) is 15.8 Å². The maximum Gasteiger partial charge on any atom is 0.238 e. The van der Waals surface area contributed by atoms with Gasteiger partial charge in [0.15, 0.2) is 5.76 Å². The molecule has 0 saturated heterocycles. The van der Waals surface area contributed by atoms with Crippen LogP contribution in [0.4, 0.5) is 10.1 Å². The molecule has 0 spiro atoms. The van der Waals surface area contributed by atoms with Crippen molar-refractivity contribution in [3.8, 4) is 0 Å². The third-order valence-electron chi connectivity index (χ3n) is 2.39. The summed E-state index contributed by atoms with van der Waals surface area (Å²) in [6.45, 7) is 2.39. The van der Waals surface area contributed by atoms with Gasteiger partial charge < -0.3 is 15.2 Å². The van der Waals surface area contributed by atoms with Crippen LogP contribution < -0.4 is 10.6 Å². The van der Waals surface area contributed by atoms with E-state index >= 15 is 0 Å². The maximum atomic E-state index is 12.7. The third-order valence-corrected chi connectivity index (χ3v) is 2.39. The predicted molar refractivity (Wildman–Crippen MR) is 68.0 cm³/mol. The Balaban J connectivity index is 1.74. The lowest BCUT2D eigenvalue weighted by Crippen LogP contribution is -2.27. The summed E-state index contributed by atoms with van der Waals surface area (Å²) < 4.78 is 17.7. The highest BCUT2D eigenvalue weighted by Gasteiger charge is 2.04. The first kappa shape index (κ1) is 13.2. The summed E-state index contributed by atoms with van der Waals surface area (Å²) in [5.41, 5.74) is 1.36. The molecule has 5 nitrogen and oxygen atoms in total. The summed E-state index contributed by atoms with van der Waals surface area (Å²) in [5, 5.41) is 9.31. The molecule has 0 aliphatic heterocycles. The van der Waals surface area contributed by atoms with Crippen LogP contribution in [0.1, 0.15) is 11.5 Å². The molecule has 0 radical (unpaired) electrons. The molecule has 1 heterocycles.